The summed E-state index contributed by atoms with van der Waals surface area (Å²) in [6, 6.07) is 4.94. The Morgan fingerprint density at radius 2 is 2.00 bits per heavy atom. The molecule has 1 aromatic rings. The molecular formula is C12H15F3N2S. The first-order valence-electron chi connectivity index (χ1n) is 5.46. The van der Waals surface area contributed by atoms with Gasteiger partial charge in [0, 0.05) is 17.8 Å². The van der Waals surface area contributed by atoms with Gasteiger partial charge < -0.3 is 10.6 Å². The van der Waals surface area contributed by atoms with Crippen molar-refractivity contribution in [3.63, 3.8) is 0 Å². The van der Waals surface area contributed by atoms with E-state index in [1.54, 1.807) is 32.0 Å². The molecule has 0 saturated carbocycles. The van der Waals surface area contributed by atoms with E-state index < -0.39 is 12.7 Å². The number of hydrogen-bond donors (Lipinski definition) is 1. The van der Waals surface area contributed by atoms with Gasteiger partial charge in [0.15, 0.2) is 0 Å². The molecule has 0 aromatic heterocycles. The van der Waals surface area contributed by atoms with Gasteiger partial charge in [0.2, 0.25) is 0 Å². The Kier molecular flexibility index (Phi) is 4.56. The van der Waals surface area contributed by atoms with Crippen LogP contribution >= 0.6 is 12.2 Å². The minimum atomic E-state index is -4.22. The molecule has 0 atom stereocenters. The van der Waals surface area contributed by atoms with Crippen LogP contribution in [0.15, 0.2) is 18.2 Å². The van der Waals surface area contributed by atoms with Crippen LogP contribution in [0.2, 0.25) is 0 Å². The summed E-state index contributed by atoms with van der Waals surface area (Å²) in [7, 11) is 0. The number of anilines is 1. The maximum absolute atomic E-state index is 12.4. The van der Waals surface area contributed by atoms with E-state index in [4.69, 9.17) is 18.0 Å². The normalized spacial score (nSPS) is 11.4. The van der Waals surface area contributed by atoms with Crippen molar-refractivity contribution in [3.05, 3.63) is 29.3 Å². The number of nitrogens with two attached hydrogens (primary N) is 1. The molecule has 0 unspecified atom stereocenters. The molecule has 1 rings (SSSR count). The van der Waals surface area contributed by atoms with Crippen molar-refractivity contribution in [1.29, 1.82) is 0 Å². The van der Waals surface area contributed by atoms with Crippen molar-refractivity contribution in [2.75, 3.05) is 18.0 Å². The van der Waals surface area contributed by atoms with Crippen LogP contribution in [-0.2, 0) is 0 Å². The lowest BCUT2D eigenvalue weighted by molar-refractivity contribution is -0.119. The van der Waals surface area contributed by atoms with Gasteiger partial charge in [-0.2, -0.15) is 13.2 Å². The second-order valence-electron chi connectivity index (χ2n) is 3.99. The molecule has 0 bridgehead atoms. The molecule has 100 valence electrons. The van der Waals surface area contributed by atoms with Gasteiger partial charge in [-0.3, -0.25) is 0 Å². The van der Waals surface area contributed by atoms with Gasteiger partial charge in [0.1, 0.15) is 11.5 Å². The third-order valence-corrected chi connectivity index (χ3v) is 2.81. The largest absolute Gasteiger partial charge is 0.405 e. The second-order valence-corrected chi connectivity index (χ2v) is 4.43. The zero-order valence-corrected chi connectivity index (χ0v) is 11.0. The molecule has 0 amide bonds. The van der Waals surface area contributed by atoms with E-state index in [0.29, 0.717) is 11.3 Å². The predicted molar refractivity (Wildman–Crippen MR) is 71.0 cm³/mol. The third-order valence-electron chi connectivity index (χ3n) is 2.59. The first kappa shape index (κ1) is 14.8. The second kappa shape index (κ2) is 5.56. The van der Waals surface area contributed by atoms with Gasteiger partial charge in [-0.05, 0) is 37.6 Å². The summed E-state index contributed by atoms with van der Waals surface area (Å²) in [6.45, 7) is 2.78. The average Bonchev–Trinajstić information content (AvgIpc) is 2.24. The number of nitrogens with zero attached hydrogens (tertiary/aromatic N) is 1. The Bertz CT molecular complexity index is 443. The monoisotopic (exact) mass is 276 g/mol. The molecule has 1 aromatic carbocycles. The molecule has 0 aliphatic carbocycles. The molecule has 2 nitrogen and oxygen atoms in total. The van der Waals surface area contributed by atoms with Crippen LogP contribution in [-0.4, -0.2) is 24.3 Å². The van der Waals surface area contributed by atoms with Crippen LogP contribution < -0.4 is 10.6 Å². The van der Waals surface area contributed by atoms with E-state index in [-0.39, 0.29) is 11.5 Å². The fourth-order valence-electron chi connectivity index (χ4n) is 1.72. The standard InChI is InChI=1S/C12H15F3N2S/c1-3-17(7-12(13,14)15)9-4-5-10(11(16)18)8(2)6-9/h4-6H,3,7H2,1-2H3,(H2,16,18). The summed E-state index contributed by atoms with van der Waals surface area (Å²) in [6.07, 6.45) is -4.22. The molecule has 6 heteroatoms. The van der Waals surface area contributed by atoms with Crippen molar-refractivity contribution in [2.45, 2.75) is 20.0 Å². The van der Waals surface area contributed by atoms with Crippen LogP contribution in [0.5, 0.6) is 0 Å². The van der Waals surface area contributed by atoms with Gasteiger partial charge in [0.25, 0.3) is 0 Å². The quantitative estimate of drug-likeness (QED) is 0.857. The van der Waals surface area contributed by atoms with Crippen LogP contribution in [0.4, 0.5) is 18.9 Å². The maximum atomic E-state index is 12.4. The summed E-state index contributed by atoms with van der Waals surface area (Å²) in [5.41, 5.74) is 7.50. The van der Waals surface area contributed by atoms with E-state index in [9.17, 15) is 13.2 Å². The Labute approximate surface area is 110 Å². The molecule has 0 saturated heterocycles. The van der Waals surface area contributed by atoms with Gasteiger partial charge in [0.05, 0.1) is 0 Å². The van der Waals surface area contributed by atoms with Crippen molar-refractivity contribution >= 4 is 22.9 Å². The lowest BCUT2D eigenvalue weighted by atomic mass is 10.1. The number of hydrogen-bond acceptors (Lipinski definition) is 2. The van der Waals surface area contributed by atoms with E-state index in [1.807, 2.05) is 0 Å². The summed E-state index contributed by atoms with van der Waals surface area (Å²) < 4.78 is 37.2. The number of aryl methyl sites for hydroxylation is 1. The molecule has 0 aliphatic rings. The minimum absolute atomic E-state index is 0.248. The van der Waals surface area contributed by atoms with Gasteiger partial charge in [-0.25, -0.2) is 0 Å². The Morgan fingerprint density at radius 3 is 2.39 bits per heavy atom. The van der Waals surface area contributed by atoms with E-state index in [2.05, 4.69) is 0 Å². The lowest BCUT2D eigenvalue weighted by Gasteiger charge is -2.25. The van der Waals surface area contributed by atoms with Crippen molar-refractivity contribution < 1.29 is 13.2 Å². The zero-order chi connectivity index (χ0) is 13.9. The number of rotatable bonds is 4. The highest BCUT2D eigenvalue weighted by atomic mass is 32.1. The zero-order valence-electron chi connectivity index (χ0n) is 10.2. The highest BCUT2D eigenvalue weighted by Crippen LogP contribution is 2.24. The molecule has 0 aliphatic heterocycles. The SMILES string of the molecule is CCN(CC(F)(F)F)c1ccc(C(N)=S)c(C)c1. The van der Waals surface area contributed by atoms with E-state index >= 15 is 0 Å². The minimum Gasteiger partial charge on any atom is -0.389 e. The smallest absolute Gasteiger partial charge is 0.389 e. The van der Waals surface area contributed by atoms with Crippen LogP contribution in [0, 0.1) is 6.92 Å². The van der Waals surface area contributed by atoms with Crippen LogP contribution in [0.1, 0.15) is 18.1 Å². The van der Waals surface area contributed by atoms with Gasteiger partial charge in [-0.1, -0.05) is 12.2 Å². The van der Waals surface area contributed by atoms with Gasteiger partial charge in [-0.15, -0.1) is 0 Å². The van der Waals surface area contributed by atoms with Crippen LogP contribution in [0.3, 0.4) is 0 Å². The number of benzene rings is 1. The fourth-order valence-corrected chi connectivity index (χ4v) is 1.95. The predicted octanol–water partition coefficient (Wildman–Crippen LogP) is 3.02. The van der Waals surface area contributed by atoms with Crippen molar-refractivity contribution in [1.82, 2.24) is 0 Å². The third kappa shape index (κ3) is 3.87. The highest BCUT2D eigenvalue weighted by molar-refractivity contribution is 7.80. The molecule has 0 fully saturated rings. The first-order valence-corrected chi connectivity index (χ1v) is 5.87. The Morgan fingerprint density at radius 1 is 1.39 bits per heavy atom. The first-order chi connectivity index (χ1) is 8.24. The summed E-state index contributed by atoms with van der Waals surface area (Å²) in [5, 5.41) is 0. The lowest BCUT2D eigenvalue weighted by Crippen LogP contribution is -2.34. The van der Waals surface area contributed by atoms with Crippen molar-refractivity contribution in [3.8, 4) is 0 Å². The average molecular weight is 276 g/mol. The highest BCUT2D eigenvalue weighted by Gasteiger charge is 2.30. The molecule has 0 spiro atoms. The topological polar surface area (TPSA) is 29.3 Å². The maximum Gasteiger partial charge on any atom is 0.405 e. The molecule has 0 heterocycles. The van der Waals surface area contributed by atoms with E-state index in [0.717, 1.165) is 5.56 Å². The van der Waals surface area contributed by atoms with Crippen LogP contribution in [0.25, 0.3) is 0 Å². The number of alkyl halides is 3. The summed E-state index contributed by atoms with van der Waals surface area (Å²) >= 11 is 4.86. The van der Waals surface area contributed by atoms with Crippen molar-refractivity contribution in [2.24, 2.45) is 5.73 Å². The molecule has 2 N–H and O–H groups in total. The molecule has 18 heavy (non-hydrogen) atoms. The Hall–Kier alpha value is -1.30. The Balaban J connectivity index is 3.01. The summed E-state index contributed by atoms with van der Waals surface area (Å²) in [5.74, 6) is 0. The van der Waals surface area contributed by atoms with E-state index in [1.165, 1.54) is 4.90 Å². The fraction of sp³-hybridized carbons (Fsp3) is 0.417. The number of thiocarbonyl (C=S) groups is 1. The molecule has 0 radical (unpaired) electrons. The van der Waals surface area contributed by atoms with Gasteiger partial charge >= 0.3 is 6.18 Å². The number of halogens is 3. The molecular weight excluding hydrogens is 261 g/mol. The summed E-state index contributed by atoms with van der Waals surface area (Å²) in [4.78, 5) is 1.51.